The Hall–Kier alpha value is -2.64. The number of rotatable bonds is 5. The molecule has 0 aliphatic heterocycles. The first kappa shape index (κ1) is 17.4. The molecule has 1 unspecified atom stereocenters. The first-order chi connectivity index (χ1) is 10.4. The molecular formula is C15H14N2O4S. The molecule has 22 heavy (non-hydrogen) atoms. The van der Waals surface area contributed by atoms with Gasteiger partial charge in [0.15, 0.2) is 5.92 Å². The van der Waals surface area contributed by atoms with Crippen LogP contribution < -0.4 is 0 Å². The smallest absolute Gasteiger partial charge is 0.327 e. The minimum Gasteiger partial charge on any atom is -0.465 e. The molecule has 0 aliphatic rings. The third-order valence-electron chi connectivity index (χ3n) is 2.73. The lowest BCUT2D eigenvalue weighted by Gasteiger charge is -2.06. The minimum absolute atomic E-state index is 0.0530. The predicted octanol–water partition coefficient (Wildman–Crippen LogP) is 1.88. The SMILES string of the molecule is CCOC(=O)C(C#N)/C=C(\C#N)S(=O)(=O)c1ccc(C)cc1. The number of nitrogens with zero attached hydrogens (tertiary/aromatic N) is 2. The summed E-state index contributed by atoms with van der Waals surface area (Å²) in [6, 6.07) is 9.06. The molecular weight excluding hydrogens is 304 g/mol. The van der Waals surface area contributed by atoms with Crippen molar-refractivity contribution < 1.29 is 17.9 Å². The van der Waals surface area contributed by atoms with E-state index in [1.165, 1.54) is 18.2 Å². The molecule has 1 rings (SSSR count). The summed E-state index contributed by atoms with van der Waals surface area (Å²) in [5, 5.41) is 18.0. The number of nitriles is 2. The number of ether oxygens (including phenoxy) is 1. The molecule has 114 valence electrons. The number of benzene rings is 1. The number of hydrogen-bond acceptors (Lipinski definition) is 6. The fourth-order valence-corrected chi connectivity index (χ4v) is 2.76. The van der Waals surface area contributed by atoms with E-state index in [1.54, 1.807) is 32.0 Å². The summed E-state index contributed by atoms with van der Waals surface area (Å²) in [6.07, 6.45) is 0.813. The van der Waals surface area contributed by atoms with Crippen LogP contribution in [-0.2, 0) is 19.4 Å². The fourth-order valence-electron chi connectivity index (χ4n) is 1.57. The molecule has 0 aromatic heterocycles. The second-order valence-electron chi connectivity index (χ2n) is 4.32. The maximum absolute atomic E-state index is 12.4. The van der Waals surface area contributed by atoms with Crippen LogP contribution in [0.15, 0.2) is 40.1 Å². The van der Waals surface area contributed by atoms with Gasteiger partial charge in [0, 0.05) is 0 Å². The van der Waals surface area contributed by atoms with E-state index in [0.717, 1.165) is 11.6 Å². The number of aryl methyl sites for hydroxylation is 1. The Kier molecular flexibility index (Phi) is 5.85. The van der Waals surface area contributed by atoms with Gasteiger partial charge in [-0.05, 0) is 32.1 Å². The lowest BCUT2D eigenvalue weighted by atomic mass is 10.1. The van der Waals surface area contributed by atoms with Crippen LogP contribution in [0.1, 0.15) is 12.5 Å². The van der Waals surface area contributed by atoms with Gasteiger partial charge in [0.2, 0.25) is 9.84 Å². The van der Waals surface area contributed by atoms with Gasteiger partial charge < -0.3 is 4.74 Å². The Bertz CT molecular complexity index is 765. The Morgan fingerprint density at radius 1 is 1.32 bits per heavy atom. The van der Waals surface area contributed by atoms with Crippen LogP contribution in [0.3, 0.4) is 0 Å². The summed E-state index contributed by atoms with van der Waals surface area (Å²) in [4.78, 5) is 10.8. The lowest BCUT2D eigenvalue weighted by Crippen LogP contribution is -2.16. The normalized spacial score (nSPS) is 12.8. The third-order valence-corrected chi connectivity index (χ3v) is 4.43. The highest BCUT2D eigenvalue weighted by Crippen LogP contribution is 2.21. The maximum atomic E-state index is 12.4. The highest BCUT2D eigenvalue weighted by atomic mass is 32.2. The molecule has 7 heteroatoms. The van der Waals surface area contributed by atoms with E-state index >= 15 is 0 Å². The Labute approximate surface area is 129 Å². The zero-order valence-corrected chi connectivity index (χ0v) is 12.9. The van der Waals surface area contributed by atoms with Crippen molar-refractivity contribution in [3.63, 3.8) is 0 Å². The van der Waals surface area contributed by atoms with Gasteiger partial charge in [-0.1, -0.05) is 17.7 Å². The van der Waals surface area contributed by atoms with E-state index < -0.39 is 26.6 Å². The molecule has 0 saturated carbocycles. The molecule has 1 aromatic carbocycles. The largest absolute Gasteiger partial charge is 0.465 e. The van der Waals surface area contributed by atoms with Gasteiger partial charge in [-0.2, -0.15) is 10.5 Å². The highest BCUT2D eigenvalue weighted by Gasteiger charge is 2.25. The number of hydrogen-bond donors (Lipinski definition) is 0. The zero-order valence-electron chi connectivity index (χ0n) is 12.1. The average Bonchev–Trinajstić information content (AvgIpc) is 2.48. The van der Waals surface area contributed by atoms with Crippen LogP contribution in [0.2, 0.25) is 0 Å². The van der Waals surface area contributed by atoms with E-state index in [-0.39, 0.29) is 11.5 Å². The predicted molar refractivity (Wildman–Crippen MR) is 77.8 cm³/mol. The molecule has 0 bridgehead atoms. The van der Waals surface area contributed by atoms with Crippen molar-refractivity contribution in [2.75, 3.05) is 6.61 Å². The number of esters is 1. The Morgan fingerprint density at radius 3 is 2.36 bits per heavy atom. The van der Waals surface area contributed by atoms with Crippen LogP contribution >= 0.6 is 0 Å². The quantitative estimate of drug-likeness (QED) is 0.606. The van der Waals surface area contributed by atoms with Crippen molar-refractivity contribution >= 4 is 15.8 Å². The van der Waals surface area contributed by atoms with E-state index in [4.69, 9.17) is 10.5 Å². The molecule has 0 fully saturated rings. The summed E-state index contributed by atoms with van der Waals surface area (Å²) < 4.78 is 29.4. The van der Waals surface area contributed by atoms with Gasteiger partial charge in [-0.3, -0.25) is 4.79 Å². The van der Waals surface area contributed by atoms with Crippen LogP contribution in [0.5, 0.6) is 0 Å². The number of carbonyl (C=O) groups excluding carboxylic acids is 1. The summed E-state index contributed by atoms with van der Waals surface area (Å²) in [6.45, 7) is 3.41. The minimum atomic E-state index is -4.08. The van der Waals surface area contributed by atoms with Crippen molar-refractivity contribution in [2.45, 2.75) is 18.7 Å². The molecule has 1 aromatic rings. The number of carbonyl (C=O) groups is 1. The van der Waals surface area contributed by atoms with Crippen LogP contribution in [0, 0.1) is 35.5 Å². The summed E-state index contributed by atoms with van der Waals surface area (Å²) in [7, 11) is -4.08. The molecule has 0 aliphatic carbocycles. The van der Waals surface area contributed by atoms with Crippen molar-refractivity contribution in [1.82, 2.24) is 0 Å². The van der Waals surface area contributed by atoms with Gasteiger partial charge in [0.1, 0.15) is 11.0 Å². The van der Waals surface area contributed by atoms with Crippen molar-refractivity contribution in [3.8, 4) is 12.1 Å². The van der Waals surface area contributed by atoms with Crippen LogP contribution in [0.25, 0.3) is 0 Å². The second kappa shape index (κ2) is 7.39. The third kappa shape index (κ3) is 3.94. The molecule has 0 N–H and O–H groups in total. The van der Waals surface area contributed by atoms with Crippen LogP contribution in [-0.4, -0.2) is 21.0 Å². The summed E-state index contributed by atoms with van der Waals surface area (Å²) in [5.74, 6) is -2.34. The fraction of sp³-hybridized carbons (Fsp3) is 0.267. The van der Waals surface area contributed by atoms with Gasteiger partial charge in [0.25, 0.3) is 0 Å². The molecule has 0 spiro atoms. The number of allylic oxidation sites excluding steroid dienone is 1. The first-order valence-corrected chi connectivity index (χ1v) is 7.85. The Balaban J connectivity index is 3.27. The van der Waals surface area contributed by atoms with Gasteiger partial charge in [0.05, 0.1) is 17.6 Å². The van der Waals surface area contributed by atoms with E-state index in [2.05, 4.69) is 4.74 Å². The molecule has 0 amide bonds. The summed E-state index contributed by atoms with van der Waals surface area (Å²) >= 11 is 0. The molecule has 1 atom stereocenters. The standard InChI is InChI=1S/C15H14N2O4S/c1-3-21-15(18)12(9-16)8-14(10-17)22(19,20)13-6-4-11(2)5-7-13/h4-8,12H,3H2,1-2H3/b14-8+. The van der Waals surface area contributed by atoms with Gasteiger partial charge >= 0.3 is 5.97 Å². The lowest BCUT2D eigenvalue weighted by molar-refractivity contribution is -0.144. The first-order valence-electron chi connectivity index (χ1n) is 6.36. The van der Waals surface area contributed by atoms with Crippen molar-refractivity contribution in [1.29, 1.82) is 10.5 Å². The topological polar surface area (TPSA) is 108 Å². The Morgan fingerprint density at radius 2 is 1.91 bits per heavy atom. The average molecular weight is 318 g/mol. The molecule has 0 saturated heterocycles. The maximum Gasteiger partial charge on any atom is 0.327 e. The van der Waals surface area contributed by atoms with E-state index in [9.17, 15) is 13.2 Å². The van der Waals surface area contributed by atoms with Gasteiger partial charge in [-0.15, -0.1) is 0 Å². The molecule has 0 heterocycles. The van der Waals surface area contributed by atoms with Crippen molar-refractivity contribution in [2.24, 2.45) is 5.92 Å². The number of sulfone groups is 1. The summed E-state index contributed by atoms with van der Waals surface area (Å²) in [5.41, 5.74) is 0.864. The molecule has 0 radical (unpaired) electrons. The highest BCUT2D eigenvalue weighted by molar-refractivity contribution is 7.95. The van der Waals surface area contributed by atoms with Crippen LogP contribution in [0.4, 0.5) is 0 Å². The van der Waals surface area contributed by atoms with Gasteiger partial charge in [-0.25, -0.2) is 8.42 Å². The van der Waals surface area contributed by atoms with E-state index in [0.29, 0.717) is 0 Å². The second-order valence-corrected chi connectivity index (χ2v) is 6.24. The monoisotopic (exact) mass is 318 g/mol. The zero-order chi connectivity index (χ0) is 16.8. The van der Waals surface area contributed by atoms with E-state index in [1.807, 2.05) is 0 Å². The van der Waals surface area contributed by atoms with Crippen molar-refractivity contribution in [3.05, 3.63) is 40.8 Å². The molecule has 6 nitrogen and oxygen atoms in total.